The van der Waals surface area contributed by atoms with Crippen LogP contribution in [0.5, 0.6) is 0 Å². The van der Waals surface area contributed by atoms with Crippen molar-refractivity contribution in [1.29, 1.82) is 0 Å². The van der Waals surface area contributed by atoms with Gasteiger partial charge in [-0.2, -0.15) is 10.2 Å². The van der Waals surface area contributed by atoms with E-state index in [1.54, 1.807) is 34.4 Å². The number of hydrogen-bond donors (Lipinski definition) is 0. The molecule has 0 unspecified atom stereocenters. The molecule has 1 aliphatic rings. The number of aromatic nitrogens is 6. The number of Topliss-reactive ketones (excluding diaryl/α,β-unsaturated/α-hetero) is 1. The van der Waals surface area contributed by atoms with E-state index in [-0.39, 0.29) is 30.4 Å². The minimum atomic E-state index is -0.273. The topological polar surface area (TPSA) is 108 Å². The van der Waals surface area contributed by atoms with Crippen molar-refractivity contribution in [2.45, 2.75) is 45.3 Å². The summed E-state index contributed by atoms with van der Waals surface area (Å²) in [5.41, 5.74) is 3.75. The number of rotatable bonds is 6. The van der Waals surface area contributed by atoms with Crippen LogP contribution in [0.15, 0.2) is 49.2 Å². The van der Waals surface area contributed by atoms with E-state index >= 15 is 0 Å². The highest BCUT2D eigenvalue weighted by Crippen LogP contribution is 2.24. The van der Waals surface area contributed by atoms with E-state index < -0.39 is 0 Å². The van der Waals surface area contributed by atoms with Gasteiger partial charge in [0.15, 0.2) is 5.78 Å². The van der Waals surface area contributed by atoms with Crippen molar-refractivity contribution in [3.63, 3.8) is 0 Å². The Balaban J connectivity index is 1.24. The molecule has 10 nitrogen and oxygen atoms in total. The first-order chi connectivity index (χ1) is 17.4. The summed E-state index contributed by atoms with van der Waals surface area (Å²) in [5.74, 6) is -0.0468. The van der Waals surface area contributed by atoms with Crippen molar-refractivity contribution in [3.05, 3.63) is 60.4 Å². The molecule has 4 aromatic heterocycles. The largest absolute Gasteiger partial charge is 0.447 e. The molecule has 0 aliphatic carbocycles. The summed E-state index contributed by atoms with van der Waals surface area (Å²) in [4.78, 5) is 36.0. The lowest BCUT2D eigenvalue weighted by Crippen LogP contribution is -2.40. The molecule has 4 aromatic rings. The molecule has 10 heteroatoms. The zero-order valence-corrected chi connectivity index (χ0v) is 20.7. The molecule has 1 aliphatic heterocycles. The van der Waals surface area contributed by atoms with Crippen molar-refractivity contribution in [2.75, 3.05) is 13.1 Å². The van der Waals surface area contributed by atoms with Gasteiger partial charge in [0.2, 0.25) is 0 Å². The molecule has 186 valence electrons. The Bertz CT molecular complexity index is 1400. The Morgan fingerprint density at radius 1 is 1.08 bits per heavy atom. The second-order valence-corrected chi connectivity index (χ2v) is 9.43. The van der Waals surface area contributed by atoms with Crippen LogP contribution in [0.1, 0.15) is 48.8 Å². The van der Waals surface area contributed by atoms with Crippen molar-refractivity contribution in [1.82, 2.24) is 34.4 Å². The van der Waals surface area contributed by atoms with Gasteiger partial charge in [0.05, 0.1) is 53.4 Å². The van der Waals surface area contributed by atoms with Gasteiger partial charge < -0.3 is 9.64 Å². The maximum Gasteiger partial charge on any atom is 0.410 e. The number of hydrogen-bond acceptors (Lipinski definition) is 7. The normalized spacial score (nSPS) is 14.5. The Morgan fingerprint density at radius 3 is 2.61 bits per heavy atom. The van der Waals surface area contributed by atoms with Crippen LogP contribution in [0.2, 0.25) is 0 Å². The maximum atomic E-state index is 13.0. The first kappa shape index (κ1) is 23.7. The summed E-state index contributed by atoms with van der Waals surface area (Å²) in [7, 11) is 1.87. The fourth-order valence-electron chi connectivity index (χ4n) is 4.41. The van der Waals surface area contributed by atoms with Gasteiger partial charge in [0.1, 0.15) is 0 Å². The molecular weight excluding hydrogens is 458 g/mol. The van der Waals surface area contributed by atoms with Crippen molar-refractivity contribution in [2.24, 2.45) is 7.05 Å². The molecule has 0 saturated carbocycles. The highest BCUT2D eigenvalue weighted by atomic mass is 16.6. The van der Waals surface area contributed by atoms with E-state index in [1.807, 2.05) is 50.0 Å². The molecular formula is C26H29N7O3. The van der Waals surface area contributed by atoms with E-state index in [0.717, 1.165) is 35.0 Å². The second-order valence-electron chi connectivity index (χ2n) is 9.43. The molecule has 0 spiro atoms. The smallest absolute Gasteiger partial charge is 0.410 e. The van der Waals surface area contributed by atoms with Gasteiger partial charge in [-0.25, -0.2) is 9.78 Å². The van der Waals surface area contributed by atoms with Crippen LogP contribution >= 0.6 is 0 Å². The van der Waals surface area contributed by atoms with Crippen molar-refractivity contribution < 1.29 is 14.3 Å². The summed E-state index contributed by atoms with van der Waals surface area (Å²) in [6.45, 7) is 4.90. The van der Waals surface area contributed by atoms with Crippen molar-refractivity contribution in [3.8, 4) is 11.3 Å². The van der Waals surface area contributed by atoms with Gasteiger partial charge in [0.25, 0.3) is 0 Å². The number of ether oxygens (including phenoxy) is 1. The number of carbonyl (C=O) groups is 2. The molecule has 36 heavy (non-hydrogen) atoms. The molecule has 5 rings (SSSR count). The lowest BCUT2D eigenvalue weighted by atomic mass is 10.1. The number of pyridine rings is 2. The van der Waals surface area contributed by atoms with Crippen LogP contribution in [-0.4, -0.2) is 65.5 Å². The van der Waals surface area contributed by atoms with Crippen LogP contribution in [0.4, 0.5) is 4.79 Å². The Kier molecular flexibility index (Phi) is 6.49. The third-order valence-corrected chi connectivity index (χ3v) is 6.33. The highest BCUT2D eigenvalue weighted by Gasteiger charge is 2.26. The van der Waals surface area contributed by atoms with Crippen LogP contribution in [0, 0.1) is 0 Å². The van der Waals surface area contributed by atoms with Crippen LogP contribution in [-0.2, 0) is 18.2 Å². The Hall–Kier alpha value is -4.08. The lowest BCUT2D eigenvalue weighted by Gasteiger charge is -2.31. The van der Waals surface area contributed by atoms with E-state index in [1.165, 1.54) is 0 Å². The quantitative estimate of drug-likeness (QED) is 0.380. The van der Waals surface area contributed by atoms with E-state index in [9.17, 15) is 9.59 Å². The highest BCUT2D eigenvalue weighted by molar-refractivity contribution is 5.97. The fourth-order valence-corrected chi connectivity index (χ4v) is 4.41. The first-order valence-corrected chi connectivity index (χ1v) is 12.1. The molecule has 1 amide bonds. The summed E-state index contributed by atoms with van der Waals surface area (Å²) in [5, 5.41) is 9.56. The fraction of sp³-hybridized carbons (Fsp3) is 0.385. The summed E-state index contributed by atoms with van der Waals surface area (Å²) in [6.07, 6.45) is 10.1. The molecule has 1 fully saturated rings. The number of likely N-dealkylation sites (tertiary alicyclic amines) is 1. The molecule has 0 bridgehead atoms. The number of carbonyl (C=O) groups excluding carboxylic acids is 2. The summed E-state index contributed by atoms with van der Waals surface area (Å²) < 4.78 is 8.86. The first-order valence-electron chi connectivity index (χ1n) is 12.1. The van der Waals surface area contributed by atoms with Crippen LogP contribution in [0.25, 0.3) is 22.2 Å². The number of ketones is 1. The minimum Gasteiger partial charge on any atom is -0.447 e. The average molecular weight is 488 g/mol. The number of fused-ring (bicyclic) bond motifs is 1. The molecule has 0 radical (unpaired) electrons. The Labute approximate surface area is 208 Å². The van der Waals surface area contributed by atoms with Gasteiger partial charge >= 0.3 is 6.09 Å². The summed E-state index contributed by atoms with van der Waals surface area (Å²) >= 11 is 0. The molecule has 5 heterocycles. The molecule has 0 aromatic carbocycles. The maximum absolute atomic E-state index is 13.0. The lowest BCUT2D eigenvalue weighted by molar-refractivity contribution is 0.0653. The van der Waals surface area contributed by atoms with Gasteiger partial charge in [-0.05, 0) is 44.9 Å². The monoisotopic (exact) mass is 487 g/mol. The average Bonchev–Trinajstić information content (AvgIpc) is 3.53. The number of amides is 1. The Morgan fingerprint density at radius 2 is 1.89 bits per heavy atom. The molecule has 0 atom stereocenters. The van der Waals surface area contributed by atoms with Crippen LogP contribution < -0.4 is 0 Å². The van der Waals surface area contributed by atoms with E-state index in [0.29, 0.717) is 24.3 Å². The number of piperidine rings is 1. The zero-order valence-electron chi connectivity index (χ0n) is 20.7. The van der Waals surface area contributed by atoms with E-state index in [4.69, 9.17) is 9.72 Å². The molecule has 1 saturated heterocycles. The minimum absolute atomic E-state index is 0.0468. The van der Waals surface area contributed by atoms with Gasteiger partial charge in [0, 0.05) is 49.7 Å². The number of aryl methyl sites for hydroxylation is 1. The van der Waals surface area contributed by atoms with E-state index in [2.05, 4.69) is 15.2 Å². The second kappa shape index (κ2) is 9.88. The van der Waals surface area contributed by atoms with Gasteiger partial charge in [-0.3, -0.25) is 19.1 Å². The summed E-state index contributed by atoms with van der Waals surface area (Å²) in [6, 6.07) is 5.92. The SMILES string of the molecule is CC(C)OC(=O)N1CCC(n2cc(C(=O)Cc3cc4nc(-c5cnn(C)c5)ccc4cn3)cn2)CC1. The number of nitrogens with zero attached hydrogens (tertiary/aromatic N) is 7. The zero-order chi connectivity index (χ0) is 25.2. The van der Waals surface area contributed by atoms with Gasteiger partial charge in [-0.1, -0.05) is 0 Å². The predicted octanol–water partition coefficient (Wildman–Crippen LogP) is 3.83. The third-order valence-electron chi connectivity index (χ3n) is 6.33. The third kappa shape index (κ3) is 5.12. The standard InChI is InChI=1S/C26H29N7O3/c1-17(2)36-26(35)32-8-6-22(7-9-32)33-16-20(14-29-33)25(34)11-21-10-24-18(12-27-21)4-5-23(30-24)19-13-28-31(3)15-19/h4-5,10,12-17,22H,6-9,11H2,1-3H3. The van der Waals surface area contributed by atoms with Gasteiger partial charge in [-0.15, -0.1) is 0 Å². The predicted molar refractivity (Wildman–Crippen MR) is 133 cm³/mol. The molecule has 0 N–H and O–H groups in total. The van der Waals surface area contributed by atoms with Crippen molar-refractivity contribution >= 4 is 22.8 Å². The van der Waals surface area contributed by atoms with Crippen LogP contribution in [0.3, 0.4) is 0 Å².